The molecule has 0 aromatic carbocycles. The topological polar surface area (TPSA) is 51.0 Å². The summed E-state index contributed by atoms with van der Waals surface area (Å²) in [5.74, 6) is 1.45. The fourth-order valence-electron chi connectivity index (χ4n) is 1.44. The molecule has 86 valence electrons. The molecule has 1 heterocycles. The minimum atomic E-state index is 0.716. The van der Waals surface area contributed by atoms with Crippen LogP contribution in [0.2, 0.25) is 0 Å². The lowest BCUT2D eigenvalue weighted by Crippen LogP contribution is -2.18. The van der Waals surface area contributed by atoms with E-state index in [0.717, 1.165) is 25.4 Å². The third-order valence-electron chi connectivity index (χ3n) is 2.29. The molecular formula is C11H21N3O. The Kier molecular flexibility index (Phi) is 6.00. The highest BCUT2D eigenvalue weighted by Crippen LogP contribution is 1.98. The number of aromatic nitrogens is 2. The van der Waals surface area contributed by atoms with Crippen LogP contribution in [0.25, 0.3) is 0 Å². The van der Waals surface area contributed by atoms with Crippen molar-refractivity contribution in [2.45, 2.75) is 46.0 Å². The summed E-state index contributed by atoms with van der Waals surface area (Å²) in [5.41, 5.74) is 0. The lowest BCUT2D eigenvalue weighted by atomic mass is 10.2. The van der Waals surface area contributed by atoms with E-state index in [1.165, 1.54) is 25.7 Å². The van der Waals surface area contributed by atoms with Crippen LogP contribution in [0.3, 0.4) is 0 Å². The van der Waals surface area contributed by atoms with Crippen molar-refractivity contribution in [3.05, 3.63) is 11.7 Å². The summed E-state index contributed by atoms with van der Waals surface area (Å²) in [6.07, 6.45) is 6.04. The molecule has 0 radical (unpaired) electrons. The van der Waals surface area contributed by atoms with Crippen molar-refractivity contribution in [3.8, 4) is 0 Å². The number of nitrogens with one attached hydrogen (secondary N) is 1. The van der Waals surface area contributed by atoms with Gasteiger partial charge in [-0.1, -0.05) is 31.3 Å². The highest BCUT2D eigenvalue weighted by molar-refractivity contribution is 4.83. The average Bonchev–Trinajstić information content (AvgIpc) is 2.63. The summed E-state index contributed by atoms with van der Waals surface area (Å²) in [6.45, 7) is 6.08. The summed E-state index contributed by atoms with van der Waals surface area (Å²) < 4.78 is 5.01. The molecule has 15 heavy (non-hydrogen) atoms. The molecule has 0 spiro atoms. The van der Waals surface area contributed by atoms with Gasteiger partial charge >= 0.3 is 0 Å². The quantitative estimate of drug-likeness (QED) is 0.669. The van der Waals surface area contributed by atoms with Crippen molar-refractivity contribution in [1.82, 2.24) is 15.5 Å². The number of aryl methyl sites for hydroxylation is 1. The van der Waals surface area contributed by atoms with E-state index in [1.54, 1.807) is 0 Å². The summed E-state index contributed by atoms with van der Waals surface area (Å²) in [5, 5.41) is 7.12. The molecular weight excluding hydrogens is 190 g/mol. The summed E-state index contributed by atoms with van der Waals surface area (Å²) >= 11 is 0. The Labute approximate surface area is 91.5 Å². The second-order valence-electron chi connectivity index (χ2n) is 3.80. The van der Waals surface area contributed by atoms with Crippen LogP contribution in [-0.2, 0) is 6.42 Å². The van der Waals surface area contributed by atoms with E-state index >= 15 is 0 Å². The number of hydrogen-bond acceptors (Lipinski definition) is 4. The predicted molar refractivity (Wildman–Crippen MR) is 59.8 cm³/mol. The van der Waals surface area contributed by atoms with Gasteiger partial charge < -0.3 is 9.84 Å². The van der Waals surface area contributed by atoms with Crippen LogP contribution >= 0.6 is 0 Å². The van der Waals surface area contributed by atoms with Crippen LogP contribution in [0.5, 0.6) is 0 Å². The van der Waals surface area contributed by atoms with E-state index in [4.69, 9.17) is 4.52 Å². The second kappa shape index (κ2) is 7.40. The fraction of sp³-hybridized carbons (Fsp3) is 0.818. The van der Waals surface area contributed by atoms with Gasteiger partial charge in [0.15, 0.2) is 5.82 Å². The van der Waals surface area contributed by atoms with Gasteiger partial charge in [-0.2, -0.15) is 4.98 Å². The molecule has 0 aliphatic carbocycles. The van der Waals surface area contributed by atoms with Gasteiger partial charge in [-0.25, -0.2) is 0 Å². The molecule has 0 aliphatic rings. The average molecular weight is 211 g/mol. The van der Waals surface area contributed by atoms with Gasteiger partial charge in [0.05, 0.1) is 0 Å². The molecule has 0 atom stereocenters. The Balaban J connectivity index is 1.93. The number of hydrogen-bond donors (Lipinski definition) is 1. The third-order valence-corrected chi connectivity index (χ3v) is 2.29. The van der Waals surface area contributed by atoms with Crippen LogP contribution in [0.4, 0.5) is 0 Å². The highest BCUT2D eigenvalue weighted by atomic mass is 16.5. The molecule has 0 fully saturated rings. The highest BCUT2D eigenvalue weighted by Gasteiger charge is 2.00. The van der Waals surface area contributed by atoms with Gasteiger partial charge in [-0.05, 0) is 19.9 Å². The van der Waals surface area contributed by atoms with E-state index in [2.05, 4.69) is 22.4 Å². The molecule has 0 saturated carbocycles. The van der Waals surface area contributed by atoms with Gasteiger partial charge in [0.2, 0.25) is 5.89 Å². The zero-order chi connectivity index (χ0) is 10.9. The normalized spacial score (nSPS) is 10.8. The van der Waals surface area contributed by atoms with Gasteiger partial charge in [0.1, 0.15) is 0 Å². The van der Waals surface area contributed by atoms with Crippen LogP contribution in [0.1, 0.15) is 44.3 Å². The standard InChI is InChI=1S/C11H21N3O/c1-3-4-5-6-8-12-9-7-11-13-10(2)14-15-11/h12H,3-9H2,1-2H3. The predicted octanol–water partition coefficient (Wildman–Crippen LogP) is 2.09. The monoisotopic (exact) mass is 211 g/mol. The second-order valence-corrected chi connectivity index (χ2v) is 3.80. The molecule has 1 N–H and O–H groups in total. The SMILES string of the molecule is CCCCCCNCCc1nc(C)no1. The van der Waals surface area contributed by atoms with E-state index in [9.17, 15) is 0 Å². The first kappa shape index (κ1) is 12.2. The van der Waals surface area contributed by atoms with Crippen molar-refractivity contribution in [3.63, 3.8) is 0 Å². The van der Waals surface area contributed by atoms with Crippen molar-refractivity contribution in [2.24, 2.45) is 0 Å². The molecule has 0 amide bonds. The number of rotatable bonds is 8. The van der Waals surface area contributed by atoms with Gasteiger partial charge in [0.25, 0.3) is 0 Å². The van der Waals surface area contributed by atoms with Crippen LogP contribution in [-0.4, -0.2) is 23.2 Å². The molecule has 0 unspecified atom stereocenters. The largest absolute Gasteiger partial charge is 0.339 e. The van der Waals surface area contributed by atoms with Crippen molar-refractivity contribution < 1.29 is 4.52 Å². The van der Waals surface area contributed by atoms with E-state index in [1.807, 2.05) is 6.92 Å². The lowest BCUT2D eigenvalue weighted by Gasteiger charge is -2.01. The lowest BCUT2D eigenvalue weighted by molar-refractivity contribution is 0.372. The third kappa shape index (κ3) is 5.52. The van der Waals surface area contributed by atoms with Crippen molar-refractivity contribution in [1.29, 1.82) is 0 Å². The maximum absolute atomic E-state index is 5.01. The van der Waals surface area contributed by atoms with Crippen molar-refractivity contribution >= 4 is 0 Å². The Morgan fingerprint density at radius 1 is 1.20 bits per heavy atom. The molecule has 1 aromatic heterocycles. The molecule has 0 bridgehead atoms. The minimum absolute atomic E-state index is 0.716. The van der Waals surface area contributed by atoms with E-state index < -0.39 is 0 Å². The maximum atomic E-state index is 5.01. The minimum Gasteiger partial charge on any atom is -0.339 e. The summed E-state index contributed by atoms with van der Waals surface area (Å²) in [7, 11) is 0. The molecule has 0 saturated heterocycles. The van der Waals surface area contributed by atoms with E-state index in [-0.39, 0.29) is 0 Å². The Morgan fingerprint density at radius 3 is 2.73 bits per heavy atom. The Bertz CT molecular complexity index is 260. The van der Waals surface area contributed by atoms with Gasteiger partial charge in [-0.3, -0.25) is 0 Å². The molecule has 1 aromatic rings. The van der Waals surface area contributed by atoms with E-state index in [0.29, 0.717) is 5.82 Å². The molecule has 1 rings (SSSR count). The zero-order valence-electron chi connectivity index (χ0n) is 9.75. The summed E-state index contributed by atoms with van der Waals surface area (Å²) in [6, 6.07) is 0. The molecule has 4 nitrogen and oxygen atoms in total. The smallest absolute Gasteiger partial charge is 0.227 e. The zero-order valence-corrected chi connectivity index (χ0v) is 9.75. The van der Waals surface area contributed by atoms with Gasteiger partial charge in [0, 0.05) is 13.0 Å². The summed E-state index contributed by atoms with van der Waals surface area (Å²) in [4.78, 5) is 4.14. The first-order chi connectivity index (χ1) is 7.33. The maximum Gasteiger partial charge on any atom is 0.227 e. The van der Waals surface area contributed by atoms with Gasteiger partial charge in [-0.15, -0.1) is 0 Å². The number of nitrogens with zero attached hydrogens (tertiary/aromatic N) is 2. The van der Waals surface area contributed by atoms with Crippen LogP contribution in [0.15, 0.2) is 4.52 Å². The molecule has 4 heteroatoms. The number of unbranched alkanes of at least 4 members (excludes halogenated alkanes) is 3. The first-order valence-electron chi connectivity index (χ1n) is 5.83. The fourth-order valence-corrected chi connectivity index (χ4v) is 1.44. The van der Waals surface area contributed by atoms with Crippen LogP contribution < -0.4 is 5.32 Å². The first-order valence-corrected chi connectivity index (χ1v) is 5.83. The molecule has 0 aliphatic heterocycles. The Hall–Kier alpha value is -0.900. The Morgan fingerprint density at radius 2 is 2.07 bits per heavy atom. The van der Waals surface area contributed by atoms with Crippen molar-refractivity contribution in [2.75, 3.05) is 13.1 Å². The van der Waals surface area contributed by atoms with Crippen LogP contribution in [0, 0.1) is 6.92 Å².